The minimum atomic E-state index is -0.372. The van der Waals surface area contributed by atoms with Gasteiger partial charge >= 0.3 is 5.69 Å². The summed E-state index contributed by atoms with van der Waals surface area (Å²) >= 11 is 0. The molecule has 1 aliphatic heterocycles. The Bertz CT molecular complexity index is 1740. The van der Waals surface area contributed by atoms with E-state index in [-0.39, 0.29) is 40.5 Å². The molecule has 42 heavy (non-hydrogen) atoms. The van der Waals surface area contributed by atoms with Crippen molar-refractivity contribution < 1.29 is 14.3 Å². The van der Waals surface area contributed by atoms with Crippen LogP contribution >= 0.6 is 0 Å². The van der Waals surface area contributed by atoms with Crippen LogP contribution in [-0.2, 0) is 9.53 Å². The molecule has 11 nitrogen and oxygen atoms in total. The molecule has 3 N–H and O–H groups in total. The zero-order valence-corrected chi connectivity index (χ0v) is 23.2. The van der Waals surface area contributed by atoms with Crippen LogP contribution in [0.5, 0.6) is 11.5 Å². The van der Waals surface area contributed by atoms with E-state index in [0.29, 0.717) is 67.2 Å². The summed E-state index contributed by atoms with van der Waals surface area (Å²) in [6.07, 6.45) is 5.67. The Morgan fingerprint density at radius 3 is 2.43 bits per heavy atom. The number of carbonyl (C=O) groups is 1. The first-order chi connectivity index (χ1) is 20.3. The topological polar surface area (TPSA) is 150 Å². The van der Waals surface area contributed by atoms with Gasteiger partial charge in [0.05, 0.1) is 18.9 Å². The predicted octanol–water partition coefficient (Wildman–Crippen LogP) is 4.04. The molecule has 6 rings (SSSR count). The third-order valence-corrected chi connectivity index (χ3v) is 7.87. The molecule has 11 heteroatoms. The molecule has 1 aliphatic carbocycles. The molecule has 0 unspecified atom stereocenters. The van der Waals surface area contributed by atoms with Gasteiger partial charge in [-0.05, 0) is 62.1 Å². The van der Waals surface area contributed by atoms with Crippen molar-refractivity contribution in [3.05, 3.63) is 83.1 Å². The Kier molecular flexibility index (Phi) is 7.22. The van der Waals surface area contributed by atoms with E-state index in [4.69, 9.17) is 15.2 Å². The van der Waals surface area contributed by atoms with E-state index in [0.717, 1.165) is 0 Å². The van der Waals surface area contributed by atoms with E-state index >= 15 is 0 Å². The summed E-state index contributed by atoms with van der Waals surface area (Å²) in [6, 6.07) is 18.5. The second kappa shape index (κ2) is 11.1. The van der Waals surface area contributed by atoms with Crippen LogP contribution in [0.25, 0.3) is 16.9 Å². The third kappa shape index (κ3) is 5.24. The number of nitrogens with one attached hydrogen (secondary N) is 1. The van der Waals surface area contributed by atoms with Crippen molar-refractivity contribution in [3.8, 4) is 23.3 Å². The van der Waals surface area contributed by atoms with Gasteiger partial charge in [0, 0.05) is 17.5 Å². The highest BCUT2D eigenvalue weighted by atomic mass is 16.5. The molecular weight excluding hydrogens is 534 g/mol. The molecule has 2 aromatic carbocycles. The van der Waals surface area contributed by atoms with Gasteiger partial charge in [0.2, 0.25) is 0 Å². The van der Waals surface area contributed by atoms with E-state index in [1.54, 1.807) is 39.5 Å². The minimum Gasteiger partial charge on any atom is -0.457 e. The first-order valence-corrected chi connectivity index (χ1v) is 13.9. The van der Waals surface area contributed by atoms with Crippen LogP contribution in [0.2, 0.25) is 0 Å². The van der Waals surface area contributed by atoms with Crippen LogP contribution in [0.4, 0.5) is 5.82 Å². The smallest absolute Gasteiger partial charge is 0.335 e. The Morgan fingerprint density at radius 2 is 1.79 bits per heavy atom. The average Bonchev–Trinajstić information content (AvgIpc) is 3.29. The van der Waals surface area contributed by atoms with Crippen molar-refractivity contribution in [2.24, 2.45) is 5.41 Å². The van der Waals surface area contributed by atoms with Crippen LogP contribution < -0.4 is 21.5 Å². The van der Waals surface area contributed by atoms with Gasteiger partial charge in [0.1, 0.15) is 35.0 Å². The van der Waals surface area contributed by atoms with Crippen molar-refractivity contribution in [1.82, 2.24) is 24.4 Å². The normalized spacial score (nSPS) is 20.0. The monoisotopic (exact) mass is 565 g/mol. The lowest BCUT2D eigenvalue weighted by Gasteiger charge is -2.35. The lowest BCUT2D eigenvalue weighted by molar-refractivity contribution is -0.118. The molecule has 1 saturated carbocycles. The predicted molar refractivity (Wildman–Crippen MR) is 156 cm³/mol. The Hall–Kier alpha value is -4.95. The summed E-state index contributed by atoms with van der Waals surface area (Å²) in [5.41, 5.74) is 7.38. The van der Waals surface area contributed by atoms with Crippen molar-refractivity contribution >= 4 is 22.9 Å². The van der Waals surface area contributed by atoms with Crippen LogP contribution in [-0.4, -0.2) is 44.3 Å². The summed E-state index contributed by atoms with van der Waals surface area (Å²) < 4.78 is 14.4. The molecule has 1 saturated heterocycles. The van der Waals surface area contributed by atoms with Crippen molar-refractivity contribution in [2.45, 2.75) is 44.7 Å². The highest BCUT2D eigenvalue weighted by Crippen LogP contribution is 2.33. The summed E-state index contributed by atoms with van der Waals surface area (Å²) in [5, 5.41) is 12.5. The standard InChI is InChI=1S/C31H31N7O4/c1-31(17-41-18-31)15-20(16-32)29(39)36-21-7-9-23(10-8-21)38-28-26(27(33)34-19-35-28)37(30(38)40)22-11-13-25(14-12-22)42-24-5-3-2-4-6-24/h2-6,11-15,19,21,23H,7-10,17-18H2,1H3,(H,36,39)(H2,33,34,35). The number of benzene rings is 2. The van der Waals surface area contributed by atoms with Crippen LogP contribution in [0.1, 0.15) is 38.6 Å². The Morgan fingerprint density at radius 1 is 1.10 bits per heavy atom. The highest BCUT2D eigenvalue weighted by molar-refractivity contribution is 5.97. The van der Waals surface area contributed by atoms with Gasteiger partial charge in [-0.25, -0.2) is 14.8 Å². The summed E-state index contributed by atoms with van der Waals surface area (Å²) in [5.74, 6) is 1.19. The molecule has 0 bridgehead atoms. The largest absolute Gasteiger partial charge is 0.457 e. The minimum absolute atomic E-state index is 0.100. The molecule has 0 atom stereocenters. The first-order valence-electron chi connectivity index (χ1n) is 13.9. The van der Waals surface area contributed by atoms with E-state index in [9.17, 15) is 14.9 Å². The van der Waals surface area contributed by atoms with E-state index in [2.05, 4.69) is 15.3 Å². The number of imidazole rings is 1. The third-order valence-electron chi connectivity index (χ3n) is 7.87. The molecular formula is C31H31N7O4. The number of nitrogen functional groups attached to an aromatic ring is 1. The number of nitrogens with zero attached hydrogens (tertiary/aromatic N) is 5. The number of carbonyl (C=O) groups excluding carboxylic acids is 1. The maximum absolute atomic E-state index is 13.9. The van der Waals surface area contributed by atoms with Crippen LogP contribution in [0.3, 0.4) is 0 Å². The Balaban J connectivity index is 1.21. The lowest BCUT2D eigenvalue weighted by atomic mass is 9.86. The first kappa shape index (κ1) is 27.2. The molecule has 0 spiro atoms. The van der Waals surface area contributed by atoms with Crippen LogP contribution in [0, 0.1) is 16.7 Å². The number of ether oxygens (including phenoxy) is 2. The summed E-state index contributed by atoms with van der Waals surface area (Å²) in [7, 11) is 0. The van der Waals surface area contributed by atoms with Gasteiger partial charge in [0.25, 0.3) is 5.91 Å². The molecule has 2 aliphatic rings. The molecule has 2 fully saturated rings. The number of anilines is 1. The summed E-state index contributed by atoms with van der Waals surface area (Å²) in [4.78, 5) is 35.3. The fourth-order valence-corrected chi connectivity index (χ4v) is 5.67. The van der Waals surface area contributed by atoms with Gasteiger partial charge in [-0.3, -0.25) is 13.9 Å². The maximum atomic E-state index is 13.9. The molecule has 214 valence electrons. The van der Waals surface area contributed by atoms with Gasteiger partial charge in [-0.2, -0.15) is 5.26 Å². The van der Waals surface area contributed by atoms with Gasteiger partial charge < -0.3 is 20.5 Å². The number of nitrogens with two attached hydrogens (primary N) is 1. The number of para-hydroxylation sites is 1. The second-order valence-electron chi connectivity index (χ2n) is 11.1. The SMILES string of the molecule is CC1(C=C(C#N)C(=O)NC2CCC(n3c(=O)n(-c4ccc(Oc5ccccc5)cc4)c4c(N)ncnc43)CC2)COC1. The molecule has 4 aromatic rings. The average molecular weight is 566 g/mol. The number of rotatable bonds is 7. The number of amides is 1. The Labute approximate surface area is 242 Å². The van der Waals surface area contributed by atoms with Crippen molar-refractivity contribution in [3.63, 3.8) is 0 Å². The number of aromatic nitrogens is 4. The lowest BCUT2D eigenvalue weighted by Crippen LogP contribution is -2.41. The molecule has 0 radical (unpaired) electrons. The van der Waals surface area contributed by atoms with E-state index in [1.807, 2.05) is 43.3 Å². The number of fused-ring (bicyclic) bond motifs is 1. The maximum Gasteiger partial charge on any atom is 0.335 e. The van der Waals surface area contributed by atoms with Crippen molar-refractivity contribution in [1.29, 1.82) is 5.26 Å². The van der Waals surface area contributed by atoms with Gasteiger partial charge in [-0.1, -0.05) is 31.2 Å². The number of nitriles is 1. The fourth-order valence-electron chi connectivity index (χ4n) is 5.67. The summed E-state index contributed by atoms with van der Waals surface area (Å²) in [6.45, 7) is 2.96. The van der Waals surface area contributed by atoms with Gasteiger partial charge in [-0.15, -0.1) is 0 Å². The fraction of sp³-hybridized carbons (Fsp3) is 0.323. The number of hydrogen-bond donors (Lipinski definition) is 2. The number of hydrogen-bond acceptors (Lipinski definition) is 8. The van der Waals surface area contributed by atoms with Crippen LogP contribution in [0.15, 0.2) is 77.4 Å². The molecule has 1 amide bonds. The molecule has 3 heterocycles. The zero-order valence-electron chi connectivity index (χ0n) is 23.2. The molecule has 2 aromatic heterocycles. The zero-order chi connectivity index (χ0) is 29.3. The van der Waals surface area contributed by atoms with E-state index < -0.39 is 0 Å². The van der Waals surface area contributed by atoms with E-state index in [1.165, 1.54) is 6.33 Å². The van der Waals surface area contributed by atoms with Gasteiger partial charge in [0.15, 0.2) is 11.5 Å². The second-order valence-corrected chi connectivity index (χ2v) is 11.1. The highest BCUT2D eigenvalue weighted by Gasteiger charge is 2.34. The van der Waals surface area contributed by atoms with Crippen molar-refractivity contribution in [2.75, 3.05) is 18.9 Å². The quantitative estimate of drug-likeness (QED) is 0.252.